The topological polar surface area (TPSA) is 105 Å². The number of rotatable bonds is 10. The zero-order valence-electron chi connectivity index (χ0n) is 22.0. The maximum atomic E-state index is 13.9. The molecule has 0 bridgehead atoms. The highest BCUT2D eigenvalue weighted by Crippen LogP contribution is 2.34. The van der Waals surface area contributed by atoms with Gasteiger partial charge in [0.05, 0.1) is 10.6 Å². The Balaban J connectivity index is 1.71. The smallest absolute Gasteiger partial charge is 0.264 e. The van der Waals surface area contributed by atoms with Crippen LogP contribution >= 0.6 is 15.9 Å². The maximum absolute atomic E-state index is 13.9. The van der Waals surface area contributed by atoms with E-state index in [-0.39, 0.29) is 35.4 Å². The first-order chi connectivity index (χ1) is 19.1. The second kappa shape index (κ2) is 12.7. The highest BCUT2D eigenvalue weighted by atomic mass is 79.9. The van der Waals surface area contributed by atoms with Gasteiger partial charge in [0.15, 0.2) is 11.5 Å². The minimum atomic E-state index is -4.34. The molecule has 1 atom stereocenters. The number of anilines is 1. The van der Waals surface area contributed by atoms with Gasteiger partial charge < -0.3 is 19.7 Å². The average molecular weight is 635 g/mol. The van der Waals surface area contributed by atoms with Crippen molar-refractivity contribution in [2.24, 2.45) is 0 Å². The van der Waals surface area contributed by atoms with Gasteiger partial charge in [0.25, 0.3) is 10.0 Å². The molecule has 1 N–H and O–H groups in total. The molecule has 1 aliphatic rings. The summed E-state index contributed by atoms with van der Waals surface area (Å²) in [6.45, 7) is 3.74. The molecule has 2 amide bonds. The highest BCUT2D eigenvalue weighted by Gasteiger charge is 2.33. The molecule has 9 nitrogen and oxygen atoms in total. The number of carbonyl (C=O) groups is 2. The first kappa shape index (κ1) is 29.3. The van der Waals surface area contributed by atoms with Crippen LogP contribution in [0.3, 0.4) is 0 Å². The summed E-state index contributed by atoms with van der Waals surface area (Å²) in [5, 5.41) is 2.71. The lowest BCUT2D eigenvalue weighted by molar-refractivity contribution is -0.139. The summed E-state index contributed by atoms with van der Waals surface area (Å²) in [6.07, 6.45) is 0. The van der Waals surface area contributed by atoms with Crippen LogP contribution in [-0.2, 0) is 26.2 Å². The molecule has 0 saturated heterocycles. The number of nitrogens with zero attached hydrogens (tertiary/aromatic N) is 2. The van der Waals surface area contributed by atoms with Gasteiger partial charge in [-0.3, -0.25) is 13.9 Å². The van der Waals surface area contributed by atoms with Crippen molar-refractivity contribution < 1.29 is 31.9 Å². The van der Waals surface area contributed by atoms with Gasteiger partial charge in [-0.15, -0.1) is 0 Å². The summed E-state index contributed by atoms with van der Waals surface area (Å²) in [4.78, 5) is 27.8. The molecule has 40 heavy (non-hydrogen) atoms. The number of fused-ring (bicyclic) bond motifs is 1. The van der Waals surface area contributed by atoms with Crippen molar-refractivity contribution in [2.45, 2.75) is 31.3 Å². The van der Waals surface area contributed by atoms with E-state index in [0.717, 1.165) is 26.5 Å². The van der Waals surface area contributed by atoms with Gasteiger partial charge in [0.1, 0.15) is 31.6 Å². The van der Waals surface area contributed by atoms with E-state index >= 15 is 0 Å². The van der Waals surface area contributed by atoms with E-state index in [4.69, 9.17) is 9.47 Å². The van der Waals surface area contributed by atoms with E-state index in [1.807, 2.05) is 12.1 Å². The Kier molecular flexibility index (Phi) is 9.31. The maximum Gasteiger partial charge on any atom is 0.264 e. The van der Waals surface area contributed by atoms with E-state index in [1.54, 1.807) is 26.0 Å². The number of hydrogen-bond donors (Lipinski definition) is 1. The summed E-state index contributed by atoms with van der Waals surface area (Å²) in [5.74, 6) is -0.887. The Morgan fingerprint density at radius 1 is 1.00 bits per heavy atom. The fraction of sp³-hybridized carbons (Fsp3) is 0.286. The molecule has 0 radical (unpaired) electrons. The lowest BCUT2D eigenvalue weighted by Crippen LogP contribution is -2.51. The highest BCUT2D eigenvalue weighted by molar-refractivity contribution is 9.10. The molecule has 12 heteroatoms. The van der Waals surface area contributed by atoms with Crippen LogP contribution in [-0.4, -0.2) is 57.5 Å². The molecule has 1 aliphatic heterocycles. The fourth-order valence-corrected chi connectivity index (χ4v) is 5.83. The minimum absolute atomic E-state index is 0.0613. The van der Waals surface area contributed by atoms with E-state index in [1.165, 1.54) is 35.2 Å². The second-order valence-corrected chi connectivity index (χ2v) is 11.8. The Morgan fingerprint density at radius 3 is 2.30 bits per heavy atom. The number of amides is 2. The first-order valence-electron chi connectivity index (χ1n) is 12.6. The van der Waals surface area contributed by atoms with Crippen LogP contribution in [0.25, 0.3) is 0 Å². The van der Waals surface area contributed by atoms with Crippen LogP contribution in [0, 0.1) is 5.82 Å². The fourth-order valence-electron chi connectivity index (χ4n) is 4.14. The molecule has 0 unspecified atom stereocenters. The van der Waals surface area contributed by atoms with Crippen LogP contribution in [0.4, 0.5) is 10.1 Å². The van der Waals surface area contributed by atoms with Crippen LogP contribution in [0.2, 0.25) is 0 Å². The lowest BCUT2D eigenvalue weighted by atomic mass is 10.1. The van der Waals surface area contributed by atoms with E-state index in [9.17, 15) is 22.4 Å². The minimum Gasteiger partial charge on any atom is -0.486 e. The number of benzene rings is 3. The SMILES string of the molecule is CCNC(=O)[C@H](C)N(Cc1ccc(Br)cc1)C(=O)CN(c1ccc(F)cc1)S(=O)(=O)c1ccc2c(c1)OCCO2. The monoisotopic (exact) mass is 633 g/mol. The van der Waals surface area contributed by atoms with Crippen molar-refractivity contribution in [3.05, 3.63) is 82.6 Å². The molecule has 0 saturated carbocycles. The summed E-state index contributed by atoms with van der Waals surface area (Å²) >= 11 is 3.38. The lowest BCUT2D eigenvalue weighted by Gasteiger charge is -2.32. The third-order valence-corrected chi connectivity index (χ3v) is 8.58. The van der Waals surface area contributed by atoms with Crippen LogP contribution in [0.15, 0.2) is 76.1 Å². The van der Waals surface area contributed by atoms with Crippen molar-refractivity contribution in [1.82, 2.24) is 10.2 Å². The van der Waals surface area contributed by atoms with Crippen LogP contribution in [0.5, 0.6) is 11.5 Å². The zero-order chi connectivity index (χ0) is 28.9. The zero-order valence-corrected chi connectivity index (χ0v) is 24.4. The third-order valence-electron chi connectivity index (χ3n) is 6.28. The number of nitrogens with one attached hydrogen (secondary N) is 1. The Morgan fingerprint density at radius 2 is 1.65 bits per heavy atom. The summed E-state index contributed by atoms with van der Waals surface area (Å²) in [7, 11) is -4.34. The Hall–Kier alpha value is -3.64. The van der Waals surface area contributed by atoms with Crippen molar-refractivity contribution in [3.63, 3.8) is 0 Å². The molecular weight excluding hydrogens is 605 g/mol. The van der Waals surface area contributed by atoms with Crippen molar-refractivity contribution in [2.75, 3.05) is 30.6 Å². The molecule has 0 fully saturated rings. The van der Waals surface area contributed by atoms with Crippen LogP contribution in [0.1, 0.15) is 19.4 Å². The van der Waals surface area contributed by atoms with Gasteiger partial charge in [0.2, 0.25) is 11.8 Å². The largest absolute Gasteiger partial charge is 0.486 e. The van der Waals surface area contributed by atoms with Gasteiger partial charge in [-0.25, -0.2) is 12.8 Å². The molecule has 3 aromatic carbocycles. The molecule has 1 heterocycles. The van der Waals surface area contributed by atoms with Gasteiger partial charge in [-0.05, 0) is 67.9 Å². The van der Waals surface area contributed by atoms with E-state index in [2.05, 4.69) is 21.2 Å². The first-order valence-corrected chi connectivity index (χ1v) is 14.8. The molecule has 0 aliphatic carbocycles. The van der Waals surface area contributed by atoms with E-state index < -0.39 is 34.3 Å². The number of halogens is 2. The normalized spacial score (nSPS) is 13.3. The third kappa shape index (κ3) is 6.73. The van der Waals surface area contributed by atoms with Gasteiger partial charge in [-0.1, -0.05) is 28.1 Å². The van der Waals surface area contributed by atoms with Crippen molar-refractivity contribution >= 4 is 43.5 Å². The Labute approximate surface area is 241 Å². The molecule has 4 rings (SSSR count). The molecule has 3 aromatic rings. The van der Waals surface area contributed by atoms with Crippen LogP contribution < -0.4 is 19.1 Å². The quantitative estimate of drug-likeness (QED) is 0.360. The molecule has 0 aromatic heterocycles. The predicted molar refractivity (Wildman–Crippen MR) is 151 cm³/mol. The van der Waals surface area contributed by atoms with Crippen molar-refractivity contribution in [1.29, 1.82) is 0 Å². The number of sulfonamides is 1. The summed E-state index contributed by atoms with van der Waals surface area (Å²) in [6, 6.07) is 15.3. The van der Waals surface area contributed by atoms with Gasteiger partial charge in [0, 0.05) is 23.6 Å². The standard InChI is InChI=1S/C28H29BrFN3O6S/c1-3-31-28(35)19(2)32(17-20-4-6-21(29)7-5-20)27(34)18-33(23-10-8-22(30)9-11-23)40(36,37)24-12-13-25-26(16-24)39-15-14-38-25/h4-13,16,19H,3,14-15,17-18H2,1-2H3,(H,31,35)/t19-/m0/s1. The molecular formula is C28H29BrFN3O6S. The van der Waals surface area contributed by atoms with E-state index in [0.29, 0.717) is 18.9 Å². The predicted octanol–water partition coefficient (Wildman–Crippen LogP) is 4.11. The Bertz CT molecular complexity index is 1470. The summed E-state index contributed by atoms with van der Waals surface area (Å²) < 4.78 is 54.5. The summed E-state index contributed by atoms with van der Waals surface area (Å²) in [5.41, 5.74) is 0.828. The van der Waals surface area contributed by atoms with Gasteiger partial charge >= 0.3 is 0 Å². The van der Waals surface area contributed by atoms with Crippen molar-refractivity contribution in [3.8, 4) is 11.5 Å². The number of ether oxygens (including phenoxy) is 2. The van der Waals surface area contributed by atoms with Gasteiger partial charge in [-0.2, -0.15) is 0 Å². The molecule has 212 valence electrons. The number of likely N-dealkylation sites (N-methyl/N-ethyl adjacent to an activating group) is 1. The second-order valence-electron chi connectivity index (χ2n) is 9.01. The molecule has 0 spiro atoms. The average Bonchev–Trinajstić information content (AvgIpc) is 2.95. The number of hydrogen-bond acceptors (Lipinski definition) is 6. The number of carbonyl (C=O) groups excluding carboxylic acids is 2.